The number of carbonyl (C=O) groups excluding carboxylic acids is 1. The molecular weight excluding hydrogens is 253 g/mol. The van der Waals surface area contributed by atoms with Gasteiger partial charge in [-0.2, -0.15) is 13.2 Å². The topological polar surface area (TPSA) is 17.1 Å². The summed E-state index contributed by atoms with van der Waals surface area (Å²) in [5.74, 6) is -0.685. The molecule has 1 aromatic rings. The molecule has 19 heavy (non-hydrogen) atoms. The molecule has 0 spiro atoms. The molecule has 0 unspecified atom stereocenters. The highest BCUT2D eigenvalue weighted by Crippen LogP contribution is 2.33. The standard InChI is InChI=1S/C15H19F3O/c1-3-7-11(8-4-2)14(19)12-9-5-6-10-13(12)15(16,17)18/h5-6,9-11H,3-4,7-8H2,1-2H3. The quantitative estimate of drug-likeness (QED) is 0.658. The van der Waals surface area contributed by atoms with E-state index >= 15 is 0 Å². The van der Waals surface area contributed by atoms with E-state index in [9.17, 15) is 18.0 Å². The van der Waals surface area contributed by atoms with Crippen molar-refractivity contribution in [3.8, 4) is 0 Å². The van der Waals surface area contributed by atoms with Gasteiger partial charge >= 0.3 is 6.18 Å². The Kier molecular flexibility index (Phi) is 5.58. The third-order valence-corrected chi connectivity index (χ3v) is 3.14. The van der Waals surface area contributed by atoms with Gasteiger partial charge in [-0.3, -0.25) is 4.79 Å². The zero-order valence-corrected chi connectivity index (χ0v) is 11.3. The maximum atomic E-state index is 12.9. The number of rotatable bonds is 6. The van der Waals surface area contributed by atoms with Gasteiger partial charge in [0.2, 0.25) is 0 Å². The van der Waals surface area contributed by atoms with Crippen LogP contribution in [0.5, 0.6) is 0 Å². The molecule has 0 bridgehead atoms. The minimum absolute atomic E-state index is 0.193. The maximum absolute atomic E-state index is 12.9. The average molecular weight is 272 g/mol. The first kappa shape index (κ1) is 15.7. The van der Waals surface area contributed by atoms with E-state index in [-0.39, 0.29) is 17.3 Å². The zero-order valence-electron chi connectivity index (χ0n) is 11.3. The number of hydrogen-bond donors (Lipinski definition) is 0. The molecule has 4 heteroatoms. The summed E-state index contributed by atoms with van der Waals surface area (Å²) in [6.45, 7) is 3.87. The molecule has 1 aromatic carbocycles. The van der Waals surface area contributed by atoms with E-state index in [0.717, 1.165) is 18.9 Å². The van der Waals surface area contributed by atoms with E-state index in [1.165, 1.54) is 18.2 Å². The Bertz CT molecular complexity index is 418. The van der Waals surface area contributed by atoms with E-state index in [1.54, 1.807) is 0 Å². The first-order valence-electron chi connectivity index (χ1n) is 6.62. The van der Waals surface area contributed by atoms with Crippen molar-refractivity contribution < 1.29 is 18.0 Å². The molecule has 0 heterocycles. The van der Waals surface area contributed by atoms with Crippen molar-refractivity contribution in [2.24, 2.45) is 5.92 Å². The third-order valence-electron chi connectivity index (χ3n) is 3.14. The van der Waals surface area contributed by atoms with Crippen molar-refractivity contribution in [2.45, 2.75) is 45.7 Å². The van der Waals surface area contributed by atoms with Crippen LogP contribution in [0, 0.1) is 5.92 Å². The van der Waals surface area contributed by atoms with Crippen molar-refractivity contribution in [3.05, 3.63) is 35.4 Å². The Balaban J connectivity index is 3.11. The second-order valence-electron chi connectivity index (χ2n) is 4.68. The van der Waals surface area contributed by atoms with Gasteiger partial charge in [-0.1, -0.05) is 44.9 Å². The fraction of sp³-hybridized carbons (Fsp3) is 0.533. The molecule has 1 nitrogen and oxygen atoms in total. The lowest BCUT2D eigenvalue weighted by molar-refractivity contribution is -0.137. The summed E-state index contributed by atoms with van der Waals surface area (Å²) in [4.78, 5) is 12.3. The molecule has 0 aliphatic rings. The molecule has 1 rings (SSSR count). The molecule has 0 aliphatic carbocycles. The summed E-state index contributed by atoms with van der Waals surface area (Å²) >= 11 is 0. The Hall–Kier alpha value is -1.32. The summed E-state index contributed by atoms with van der Waals surface area (Å²) in [5.41, 5.74) is -1.01. The van der Waals surface area contributed by atoms with Crippen LogP contribution in [-0.4, -0.2) is 5.78 Å². The van der Waals surface area contributed by atoms with Crippen molar-refractivity contribution in [1.29, 1.82) is 0 Å². The van der Waals surface area contributed by atoms with Gasteiger partial charge in [-0.25, -0.2) is 0 Å². The summed E-state index contributed by atoms with van der Waals surface area (Å²) in [5, 5.41) is 0. The Morgan fingerprint density at radius 1 is 1.11 bits per heavy atom. The predicted molar refractivity (Wildman–Crippen MR) is 69.1 cm³/mol. The number of halogens is 3. The Morgan fingerprint density at radius 2 is 1.63 bits per heavy atom. The lowest BCUT2D eigenvalue weighted by Crippen LogP contribution is -2.19. The first-order chi connectivity index (χ1) is 8.91. The van der Waals surface area contributed by atoms with Crippen LogP contribution in [0.4, 0.5) is 13.2 Å². The van der Waals surface area contributed by atoms with Crippen molar-refractivity contribution in [1.82, 2.24) is 0 Å². The van der Waals surface area contributed by atoms with Crippen LogP contribution in [0.1, 0.15) is 55.5 Å². The molecule has 0 aromatic heterocycles. The van der Waals surface area contributed by atoms with Crippen molar-refractivity contribution in [2.75, 3.05) is 0 Å². The van der Waals surface area contributed by atoms with E-state index in [0.29, 0.717) is 12.8 Å². The molecule has 0 amide bonds. The Labute approximate surface area is 111 Å². The first-order valence-corrected chi connectivity index (χ1v) is 6.62. The lowest BCUT2D eigenvalue weighted by atomic mass is 9.88. The van der Waals surface area contributed by atoms with Crippen molar-refractivity contribution >= 4 is 5.78 Å². The molecule has 0 fully saturated rings. The van der Waals surface area contributed by atoms with Gasteiger partial charge in [0, 0.05) is 11.5 Å². The zero-order chi connectivity index (χ0) is 14.5. The number of ketones is 1. The normalized spacial score (nSPS) is 11.9. The molecule has 0 saturated carbocycles. The molecule has 0 radical (unpaired) electrons. The summed E-state index contributed by atoms with van der Waals surface area (Å²) in [6, 6.07) is 5.05. The van der Waals surface area contributed by atoms with Gasteiger partial charge in [-0.05, 0) is 18.9 Å². The van der Waals surface area contributed by atoms with E-state index < -0.39 is 11.7 Å². The van der Waals surface area contributed by atoms with Crippen LogP contribution in [0.2, 0.25) is 0 Å². The number of Topliss-reactive ketones (excluding diaryl/α,β-unsaturated/α-hetero) is 1. The SMILES string of the molecule is CCCC(CCC)C(=O)c1ccccc1C(F)(F)F. The molecule has 0 saturated heterocycles. The van der Waals surface area contributed by atoms with Crippen LogP contribution >= 0.6 is 0 Å². The third kappa shape index (κ3) is 4.08. The minimum Gasteiger partial charge on any atom is -0.294 e. The van der Waals surface area contributed by atoms with Gasteiger partial charge in [-0.15, -0.1) is 0 Å². The molecule has 0 aliphatic heterocycles. The van der Waals surface area contributed by atoms with Crippen LogP contribution in [0.15, 0.2) is 24.3 Å². The maximum Gasteiger partial charge on any atom is 0.417 e. The van der Waals surface area contributed by atoms with Gasteiger partial charge in [0.25, 0.3) is 0 Å². The highest BCUT2D eigenvalue weighted by molar-refractivity contribution is 5.99. The fourth-order valence-corrected chi connectivity index (χ4v) is 2.27. The minimum atomic E-state index is -4.48. The smallest absolute Gasteiger partial charge is 0.294 e. The number of carbonyl (C=O) groups is 1. The van der Waals surface area contributed by atoms with Crippen LogP contribution < -0.4 is 0 Å². The predicted octanol–water partition coefficient (Wildman–Crippen LogP) is 5.10. The largest absolute Gasteiger partial charge is 0.417 e. The van der Waals surface area contributed by atoms with Gasteiger partial charge in [0.05, 0.1) is 5.56 Å². The fourth-order valence-electron chi connectivity index (χ4n) is 2.27. The molecule has 0 N–H and O–H groups in total. The second-order valence-corrected chi connectivity index (χ2v) is 4.68. The van der Waals surface area contributed by atoms with E-state index in [4.69, 9.17) is 0 Å². The number of benzene rings is 1. The van der Waals surface area contributed by atoms with Crippen molar-refractivity contribution in [3.63, 3.8) is 0 Å². The second kappa shape index (κ2) is 6.73. The number of alkyl halides is 3. The summed E-state index contributed by atoms with van der Waals surface area (Å²) in [6.07, 6.45) is -1.61. The van der Waals surface area contributed by atoms with Crippen LogP contribution in [0.25, 0.3) is 0 Å². The van der Waals surface area contributed by atoms with Crippen LogP contribution in [0.3, 0.4) is 0 Å². The molecule has 0 atom stereocenters. The highest BCUT2D eigenvalue weighted by Gasteiger charge is 2.35. The summed E-state index contributed by atoms with van der Waals surface area (Å²) < 4.78 is 38.7. The van der Waals surface area contributed by atoms with E-state index in [2.05, 4.69) is 0 Å². The number of hydrogen-bond acceptors (Lipinski definition) is 1. The van der Waals surface area contributed by atoms with Gasteiger partial charge < -0.3 is 0 Å². The van der Waals surface area contributed by atoms with Crippen LogP contribution in [-0.2, 0) is 6.18 Å². The monoisotopic (exact) mass is 272 g/mol. The van der Waals surface area contributed by atoms with E-state index in [1.807, 2.05) is 13.8 Å². The highest BCUT2D eigenvalue weighted by atomic mass is 19.4. The Morgan fingerprint density at radius 3 is 2.11 bits per heavy atom. The molecular formula is C15H19F3O. The van der Waals surface area contributed by atoms with Gasteiger partial charge in [0.1, 0.15) is 0 Å². The lowest BCUT2D eigenvalue weighted by Gasteiger charge is -2.17. The summed E-state index contributed by atoms with van der Waals surface area (Å²) in [7, 11) is 0. The molecule has 106 valence electrons. The van der Waals surface area contributed by atoms with Gasteiger partial charge in [0.15, 0.2) is 5.78 Å². The average Bonchev–Trinajstić information content (AvgIpc) is 2.37.